The summed E-state index contributed by atoms with van der Waals surface area (Å²) in [7, 11) is 0. The number of hydrogen-bond acceptors (Lipinski definition) is 5. The average Bonchev–Trinajstić information content (AvgIpc) is 2.84. The highest BCUT2D eigenvalue weighted by Crippen LogP contribution is 2.35. The molecule has 1 aliphatic rings. The molecule has 0 spiro atoms. The lowest BCUT2D eigenvalue weighted by Crippen LogP contribution is -2.31. The van der Waals surface area contributed by atoms with E-state index in [0.717, 1.165) is 21.9 Å². The number of nitro benzene ring substituents is 1. The lowest BCUT2D eigenvalue weighted by Gasteiger charge is -2.15. The molecule has 25 heavy (non-hydrogen) atoms. The summed E-state index contributed by atoms with van der Waals surface area (Å²) in [5, 5.41) is 10.7. The van der Waals surface area contributed by atoms with Crippen molar-refractivity contribution in [1.29, 1.82) is 0 Å². The molecule has 1 aliphatic heterocycles. The van der Waals surface area contributed by atoms with Crippen molar-refractivity contribution in [2.75, 3.05) is 4.90 Å². The number of halogens is 2. The maximum Gasteiger partial charge on any atom is 0.306 e. The van der Waals surface area contributed by atoms with E-state index in [-0.39, 0.29) is 12.1 Å². The number of benzene rings is 2. The van der Waals surface area contributed by atoms with Crippen molar-refractivity contribution in [3.05, 3.63) is 63.4 Å². The zero-order valence-corrected chi connectivity index (χ0v) is 14.1. The van der Waals surface area contributed by atoms with Crippen LogP contribution in [-0.4, -0.2) is 22.0 Å². The van der Waals surface area contributed by atoms with Crippen LogP contribution in [0, 0.1) is 15.9 Å². The van der Waals surface area contributed by atoms with E-state index in [1.807, 2.05) is 0 Å². The minimum absolute atomic E-state index is 0.0118. The van der Waals surface area contributed by atoms with Gasteiger partial charge in [0, 0.05) is 22.4 Å². The number of carbonyl (C=O) groups is 2. The first-order valence-electron chi connectivity index (χ1n) is 7.10. The van der Waals surface area contributed by atoms with Gasteiger partial charge in [-0.15, -0.1) is 11.8 Å². The van der Waals surface area contributed by atoms with Crippen molar-refractivity contribution in [3.8, 4) is 0 Å². The summed E-state index contributed by atoms with van der Waals surface area (Å²) in [4.78, 5) is 36.3. The van der Waals surface area contributed by atoms with E-state index in [9.17, 15) is 24.1 Å². The first kappa shape index (κ1) is 17.4. The van der Waals surface area contributed by atoms with Crippen LogP contribution in [0.1, 0.15) is 6.42 Å². The normalized spacial score (nSPS) is 17.2. The quantitative estimate of drug-likeness (QED) is 0.457. The molecule has 0 aliphatic carbocycles. The third-order valence-corrected chi connectivity index (χ3v) is 5.03. The van der Waals surface area contributed by atoms with Gasteiger partial charge in [-0.05, 0) is 36.4 Å². The van der Waals surface area contributed by atoms with Crippen LogP contribution >= 0.6 is 23.4 Å². The van der Waals surface area contributed by atoms with Gasteiger partial charge in [-0.3, -0.25) is 19.7 Å². The summed E-state index contributed by atoms with van der Waals surface area (Å²) in [6.07, 6.45) is -0.0443. The second kappa shape index (κ2) is 6.81. The Labute approximate surface area is 150 Å². The molecule has 1 fully saturated rings. The van der Waals surface area contributed by atoms with E-state index in [1.165, 1.54) is 17.8 Å². The minimum Gasteiger partial charge on any atom is -0.274 e. The third-order valence-electron chi connectivity index (χ3n) is 3.58. The first-order valence-corrected chi connectivity index (χ1v) is 8.35. The fourth-order valence-electron chi connectivity index (χ4n) is 2.42. The Morgan fingerprint density at radius 3 is 2.52 bits per heavy atom. The molecule has 2 aromatic rings. The smallest absolute Gasteiger partial charge is 0.274 e. The van der Waals surface area contributed by atoms with Crippen LogP contribution in [0.25, 0.3) is 0 Å². The molecular formula is C16H10ClFN2O4S. The number of nitrogens with zero attached hydrogens (tertiary/aromatic N) is 2. The van der Waals surface area contributed by atoms with Crippen LogP contribution in [0.5, 0.6) is 0 Å². The van der Waals surface area contributed by atoms with Gasteiger partial charge >= 0.3 is 5.69 Å². The van der Waals surface area contributed by atoms with Gasteiger partial charge in [-0.2, -0.15) is 4.39 Å². The number of imide groups is 1. The molecule has 2 aromatic carbocycles. The molecule has 0 aromatic heterocycles. The minimum atomic E-state index is -1.03. The third kappa shape index (κ3) is 3.49. The average molecular weight is 381 g/mol. The van der Waals surface area contributed by atoms with Gasteiger partial charge in [0.25, 0.3) is 0 Å². The van der Waals surface area contributed by atoms with Gasteiger partial charge in [0.05, 0.1) is 15.9 Å². The van der Waals surface area contributed by atoms with E-state index in [0.29, 0.717) is 5.02 Å². The van der Waals surface area contributed by atoms with Crippen LogP contribution in [-0.2, 0) is 9.59 Å². The summed E-state index contributed by atoms with van der Waals surface area (Å²) >= 11 is 7.02. The molecule has 1 heterocycles. The lowest BCUT2D eigenvalue weighted by molar-refractivity contribution is -0.387. The maximum absolute atomic E-state index is 13.5. The van der Waals surface area contributed by atoms with Crippen molar-refractivity contribution < 1.29 is 18.9 Å². The Morgan fingerprint density at radius 2 is 1.88 bits per heavy atom. The largest absolute Gasteiger partial charge is 0.306 e. The molecule has 2 amide bonds. The molecule has 0 unspecified atom stereocenters. The summed E-state index contributed by atoms with van der Waals surface area (Å²) in [5.74, 6) is -2.01. The standard InChI is InChI=1S/C16H10ClFN2O4S/c17-9-1-4-11(5-2-9)25-14-8-15(21)19(16(14)22)10-3-6-12(18)13(7-10)20(23)24/h1-7,14H,8H2/t14-/m0/s1. The van der Waals surface area contributed by atoms with E-state index >= 15 is 0 Å². The van der Waals surface area contributed by atoms with Gasteiger partial charge in [0.15, 0.2) is 0 Å². The number of amides is 2. The maximum atomic E-state index is 13.5. The summed E-state index contributed by atoms with van der Waals surface area (Å²) in [5.41, 5.74) is -0.797. The van der Waals surface area contributed by atoms with Crippen molar-refractivity contribution in [2.45, 2.75) is 16.6 Å². The summed E-state index contributed by atoms with van der Waals surface area (Å²) in [6.45, 7) is 0. The second-order valence-electron chi connectivity index (χ2n) is 5.22. The van der Waals surface area contributed by atoms with Gasteiger partial charge < -0.3 is 0 Å². The Morgan fingerprint density at radius 1 is 1.20 bits per heavy atom. The van der Waals surface area contributed by atoms with Crippen LogP contribution < -0.4 is 4.90 Å². The molecule has 1 atom stereocenters. The molecule has 1 saturated heterocycles. The van der Waals surface area contributed by atoms with Crippen molar-refractivity contribution in [1.82, 2.24) is 0 Å². The zero-order valence-electron chi connectivity index (χ0n) is 12.5. The number of carbonyl (C=O) groups excluding carboxylic acids is 2. The van der Waals surface area contributed by atoms with Gasteiger partial charge in [-0.1, -0.05) is 11.6 Å². The van der Waals surface area contributed by atoms with Crippen molar-refractivity contribution in [3.63, 3.8) is 0 Å². The fourth-order valence-corrected chi connectivity index (χ4v) is 3.60. The molecule has 0 bridgehead atoms. The highest BCUT2D eigenvalue weighted by molar-refractivity contribution is 8.00. The van der Waals surface area contributed by atoms with Gasteiger partial charge in [0.1, 0.15) is 0 Å². The first-order chi connectivity index (χ1) is 11.9. The molecule has 9 heteroatoms. The van der Waals surface area contributed by atoms with Crippen LogP contribution in [0.3, 0.4) is 0 Å². The Balaban J connectivity index is 1.85. The Kier molecular flexibility index (Phi) is 4.73. The van der Waals surface area contributed by atoms with E-state index in [2.05, 4.69) is 0 Å². The number of thioether (sulfide) groups is 1. The van der Waals surface area contributed by atoms with Crippen LogP contribution in [0.15, 0.2) is 47.4 Å². The monoisotopic (exact) mass is 380 g/mol. The Hall–Kier alpha value is -2.45. The zero-order chi connectivity index (χ0) is 18.1. The second-order valence-corrected chi connectivity index (χ2v) is 6.94. The predicted octanol–water partition coefficient (Wildman–Crippen LogP) is 3.81. The number of anilines is 1. The highest BCUT2D eigenvalue weighted by atomic mass is 35.5. The topological polar surface area (TPSA) is 80.5 Å². The lowest BCUT2D eigenvalue weighted by atomic mass is 10.2. The number of rotatable bonds is 4. The fraction of sp³-hybridized carbons (Fsp3) is 0.125. The Bertz CT molecular complexity index is 875. The molecular weight excluding hydrogens is 371 g/mol. The van der Waals surface area contributed by atoms with Crippen LogP contribution in [0.4, 0.5) is 15.8 Å². The molecule has 3 rings (SSSR count). The summed E-state index contributed by atoms with van der Waals surface area (Å²) in [6, 6.07) is 9.74. The van der Waals surface area contributed by atoms with Crippen molar-refractivity contribution >= 4 is 46.6 Å². The number of nitro groups is 1. The highest BCUT2D eigenvalue weighted by Gasteiger charge is 2.40. The van der Waals surface area contributed by atoms with Crippen molar-refractivity contribution in [2.24, 2.45) is 0 Å². The summed E-state index contributed by atoms with van der Waals surface area (Å²) < 4.78 is 13.5. The molecule has 128 valence electrons. The molecule has 0 radical (unpaired) electrons. The van der Waals surface area contributed by atoms with E-state index < -0.39 is 33.5 Å². The predicted molar refractivity (Wildman–Crippen MR) is 91.3 cm³/mol. The number of hydrogen-bond donors (Lipinski definition) is 0. The van der Waals surface area contributed by atoms with Gasteiger partial charge in [0.2, 0.25) is 17.6 Å². The molecule has 6 nitrogen and oxygen atoms in total. The SMILES string of the molecule is O=C1C[C@H](Sc2ccc(Cl)cc2)C(=O)N1c1ccc(F)c([N+](=O)[O-])c1. The van der Waals surface area contributed by atoms with E-state index in [1.54, 1.807) is 24.3 Å². The molecule has 0 saturated carbocycles. The van der Waals surface area contributed by atoms with E-state index in [4.69, 9.17) is 11.6 Å². The van der Waals surface area contributed by atoms with Crippen LogP contribution in [0.2, 0.25) is 5.02 Å². The molecule has 0 N–H and O–H groups in total. The van der Waals surface area contributed by atoms with Gasteiger partial charge in [-0.25, -0.2) is 4.90 Å².